The lowest BCUT2D eigenvalue weighted by molar-refractivity contribution is 0.297. The maximum Gasteiger partial charge on any atom is 0.161 e. The molecule has 1 N–H and O–H groups in total. The summed E-state index contributed by atoms with van der Waals surface area (Å²) in [4.78, 5) is 7.75. The predicted molar refractivity (Wildman–Crippen MR) is 84.6 cm³/mol. The molecular weight excluding hydrogens is 284 g/mol. The molecule has 4 nitrogen and oxygen atoms in total. The van der Waals surface area contributed by atoms with Crippen molar-refractivity contribution in [1.29, 1.82) is 0 Å². The minimum atomic E-state index is 0.646. The highest BCUT2D eigenvalue weighted by molar-refractivity contribution is 7.71. The molecule has 0 radical (unpaired) electrons. The van der Waals surface area contributed by atoms with Crippen LogP contribution in [-0.2, 0) is 6.42 Å². The first-order valence-electron chi connectivity index (χ1n) is 7.19. The minimum Gasteiger partial charge on any atom is -0.490 e. The second kappa shape index (κ2) is 5.85. The third kappa shape index (κ3) is 2.78. The number of hydrogen-bond donors (Lipinski definition) is 1. The van der Waals surface area contributed by atoms with Crippen molar-refractivity contribution in [3.63, 3.8) is 0 Å². The molecule has 1 aliphatic heterocycles. The Morgan fingerprint density at radius 1 is 1.24 bits per heavy atom. The molecule has 0 aliphatic carbocycles. The number of hydrogen-bond acceptors (Lipinski definition) is 4. The van der Waals surface area contributed by atoms with Crippen LogP contribution in [0.5, 0.6) is 11.5 Å². The van der Waals surface area contributed by atoms with E-state index in [1.54, 1.807) is 0 Å². The van der Waals surface area contributed by atoms with Gasteiger partial charge >= 0.3 is 0 Å². The van der Waals surface area contributed by atoms with E-state index >= 15 is 0 Å². The van der Waals surface area contributed by atoms with Crippen LogP contribution in [0.2, 0.25) is 0 Å². The van der Waals surface area contributed by atoms with E-state index in [0.717, 1.165) is 47.0 Å². The van der Waals surface area contributed by atoms with E-state index in [4.69, 9.17) is 21.7 Å². The van der Waals surface area contributed by atoms with E-state index in [2.05, 4.69) is 16.9 Å². The zero-order valence-electron chi connectivity index (χ0n) is 12.2. The molecule has 1 aromatic carbocycles. The first-order chi connectivity index (χ1) is 10.2. The number of fused-ring (bicyclic) bond motifs is 1. The Bertz CT molecular complexity index is 725. The molecule has 21 heavy (non-hydrogen) atoms. The van der Waals surface area contributed by atoms with Gasteiger partial charge in [0.25, 0.3) is 0 Å². The molecule has 0 saturated heterocycles. The molecule has 110 valence electrons. The van der Waals surface area contributed by atoms with Crippen LogP contribution in [0.4, 0.5) is 0 Å². The van der Waals surface area contributed by atoms with Gasteiger partial charge in [-0.1, -0.05) is 19.1 Å². The van der Waals surface area contributed by atoms with Gasteiger partial charge in [0.15, 0.2) is 11.5 Å². The van der Waals surface area contributed by atoms with Crippen molar-refractivity contribution < 1.29 is 9.47 Å². The molecule has 0 amide bonds. The number of aryl methyl sites for hydroxylation is 1. The lowest BCUT2D eigenvalue weighted by atomic mass is 10.1. The zero-order chi connectivity index (χ0) is 14.8. The second-order valence-corrected chi connectivity index (χ2v) is 5.44. The number of ether oxygens (including phenoxy) is 2. The number of aromatic nitrogens is 2. The summed E-state index contributed by atoms with van der Waals surface area (Å²) in [5, 5.41) is 0. The van der Waals surface area contributed by atoms with Gasteiger partial charge in [0.1, 0.15) is 10.5 Å². The minimum absolute atomic E-state index is 0.646. The van der Waals surface area contributed by atoms with E-state index in [1.165, 1.54) is 0 Å². The van der Waals surface area contributed by atoms with Gasteiger partial charge in [-0.05, 0) is 25.1 Å². The number of rotatable bonds is 2. The molecule has 5 heteroatoms. The molecule has 0 atom stereocenters. The van der Waals surface area contributed by atoms with Crippen LogP contribution in [0.1, 0.15) is 24.7 Å². The number of nitrogens with zero attached hydrogens (tertiary/aromatic N) is 1. The van der Waals surface area contributed by atoms with Gasteiger partial charge in [-0.25, -0.2) is 4.98 Å². The van der Waals surface area contributed by atoms with Crippen molar-refractivity contribution >= 4 is 12.2 Å². The summed E-state index contributed by atoms with van der Waals surface area (Å²) in [7, 11) is 0. The average molecular weight is 302 g/mol. The third-order valence-electron chi connectivity index (χ3n) is 3.57. The fourth-order valence-corrected chi connectivity index (χ4v) is 2.57. The lowest BCUT2D eigenvalue weighted by Crippen LogP contribution is -2.00. The van der Waals surface area contributed by atoms with Crippen molar-refractivity contribution in [3.05, 3.63) is 34.2 Å². The maximum absolute atomic E-state index is 5.76. The SMILES string of the molecule is CCc1nc(=S)c(C)c(-c2ccc3c(c2)OCCCO3)[nH]1. The van der Waals surface area contributed by atoms with Crippen LogP contribution in [0.15, 0.2) is 18.2 Å². The highest BCUT2D eigenvalue weighted by Gasteiger charge is 2.13. The molecule has 0 fully saturated rings. The van der Waals surface area contributed by atoms with Crippen molar-refractivity contribution in [2.24, 2.45) is 0 Å². The number of benzene rings is 1. The fourth-order valence-electron chi connectivity index (χ4n) is 2.35. The number of aromatic amines is 1. The molecule has 0 spiro atoms. The topological polar surface area (TPSA) is 47.1 Å². The van der Waals surface area contributed by atoms with Gasteiger partial charge < -0.3 is 14.5 Å². The Balaban J connectivity index is 2.11. The quantitative estimate of drug-likeness (QED) is 0.856. The smallest absolute Gasteiger partial charge is 0.161 e. The Morgan fingerprint density at radius 2 is 2.00 bits per heavy atom. The highest BCUT2D eigenvalue weighted by atomic mass is 32.1. The van der Waals surface area contributed by atoms with Gasteiger partial charge in [0, 0.05) is 24.0 Å². The molecule has 2 aromatic rings. The summed E-state index contributed by atoms with van der Waals surface area (Å²) in [6, 6.07) is 5.99. The molecule has 1 aromatic heterocycles. The Kier molecular flexibility index (Phi) is 3.92. The highest BCUT2D eigenvalue weighted by Crippen LogP contribution is 2.34. The van der Waals surface area contributed by atoms with Crippen molar-refractivity contribution in [2.45, 2.75) is 26.7 Å². The number of H-pyrrole nitrogens is 1. The molecule has 0 bridgehead atoms. The Hall–Kier alpha value is -1.88. The zero-order valence-corrected chi connectivity index (χ0v) is 13.0. The third-order valence-corrected chi connectivity index (χ3v) is 3.97. The van der Waals surface area contributed by atoms with Crippen molar-refractivity contribution in [3.8, 4) is 22.8 Å². The summed E-state index contributed by atoms with van der Waals surface area (Å²) in [6.45, 7) is 5.43. The Labute approximate surface area is 129 Å². The lowest BCUT2D eigenvalue weighted by Gasteiger charge is -2.12. The van der Waals surface area contributed by atoms with E-state index < -0.39 is 0 Å². The predicted octanol–water partition coefficient (Wildman–Crippen LogP) is 3.84. The molecule has 0 unspecified atom stereocenters. The van der Waals surface area contributed by atoms with Crippen LogP contribution >= 0.6 is 12.2 Å². The molecule has 2 heterocycles. The van der Waals surface area contributed by atoms with Gasteiger partial charge in [-0.2, -0.15) is 0 Å². The standard InChI is InChI=1S/C16H18N2O2S/c1-3-14-17-15(10(2)16(21)18-14)11-5-6-12-13(9-11)20-8-4-7-19-12/h5-6,9H,3-4,7-8H2,1-2H3,(H,17,18,21). The normalized spacial score (nSPS) is 13.8. The summed E-state index contributed by atoms with van der Waals surface area (Å²) in [5.41, 5.74) is 3.03. The van der Waals surface area contributed by atoms with E-state index in [9.17, 15) is 0 Å². The summed E-state index contributed by atoms with van der Waals surface area (Å²) >= 11 is 5.35. The van der Waals surface area contributed by atoms with E-state index in [0.29, 0.717) is 17.9 Å². The first-order valence-corrected chi connectivity index (χ1v) is 7.59. The molecule has 0 saturated carbocycles. The summed E-state index contributed by atoms with van der Waals surface area (Å²) in [5.74, 6) is 2.49. The van der Waals surface area contributed by atoms with Gasteiger partial charge in [-0.15, -0.1) is 0 Å². The molecule has 1 aliphatic rings. The molecular formula is C16H18N2O2S. The summed E-state index contributed by atoms with van der Waals surface area (Å²) in [6.07, 6.45) is 1.72. The first kappa shape index (κ1) is 14.1. The largest absolute Gasteiger partial charge is 0.490 e. The van der Waals surface area contributed by atoms with Crippen molar-refractivity contribution in [1.82, 2.24) is 9.97 Å². The van der Waals surface area contributed by atoms with Gasteiger partial charge in [-0.3, -0.25) is 0 Å². The maximum atomic E-state index is 5.76. The average Bonchev–Trinajstić information content (AvgIpc) is 2.74. The van der Waals surface area contributed by atoms with Crippen LogP contribution in [-0.4, -0.2) is 23.2 Å². The van der Waals surface area contributed by atoms with Gasteiger partial charge in [0.05, 0.1) is 18.9 Å². The van der Waals surface area contributed by atoms with Crippen LogP contribution < -0.4 is 9.47 Å². The monoisotopic (exact) mass is 302 g/mol. The number of nitrogens with one attached hydrogen (secondary N) is 1. The van der Waals surface area contributed by atoms with E-state index in [-0.39, 0.29) is 0 Å². The second-order valence-electron chi connectivity index (χ2n) is 5.05. The molecule has 3 rings (SSSR count). The summed E-state index contributed by atoms with van der Waals surface area (Å²) < 4.78 is 12.1. The van der Waals surface area contributed by atoms with E-state index in [1.807, 2.05) is 25.1 Å². The fraction of sp³-hybridized carbons (Fsp3) is 0.375. The Morgan fingerprint density at radius 3 is 2.76 bits per heavy atom. The van der Waals surface area contributed by atoms with Crippen LogP contribution in [0, 0.1) is 11.6 Å². The van der Waals surface area contributed by atoms with Crippen molar-refractivity contribution in [2.75, 3.05) is 13.2 Å². The van der Waals surface area contributed by atoms with Gasteiger partial charge in [0.2, 0.25) is 0 Å². The van der Waals surface area contributed by atoms with Crippen LogP contribution in [0.3, 0.4) is 0 Å². The van der Waals surface area contributed by atoms with Crippen LogP contribution in [0.25, 0.3) is 11.3 Å².